The van der Waals surface area contributed by atoms with Gasteiger partial charge in [0.2, 0.25) is 0 Å². The molecule has 0 bridgehead atoms. The average Bonchev–Trinajstić information content (AvgIpc) is 2.19. The Kier molecular flexibility index (Phi) is 1.46. The highest BCUT2D eigenvalue weighted by Crippen LogP contribution is 1.97. The zero-order valence-electron chi connectivity index (χ0n) is 4.29. The van der Waals surface area contributed by atoms with Crippen LogP contribution in [0.2, 0.25) is 0 Å². The van der Waals surface area contributed by atoms with Gasteiger partial charge in [-0.2, -0.15) is 0 Å². The van der Waals surface area contributed by atoms with Gasteiger partial charge in [0.25, 0.3) is 5.88 Å². The molecule has 4 heteroatoms. The molecule has 0 saturated carbocycles. The molecule has 0 aliphatic rings. The van der Waals surface area contributed by atoms with Crippen LogP contribution in [-0.4, -0.2) is 22.0 Å². The van der Waals surface area contributed by atoms with Crippen molar-refractivity contribution < 1.29 is 4.74 Å². The van der Waals surface area contributed by atoms with Crippen molar-refractivity contribution in [3.63, 3.8) is 0 Å². The summed E-state index contributed by atoms with van der Waals surface area (Å²) in [6, 6.07) is 0. The highest BCUT2D eigenvalue weighted by Gasteiger charge is 1.89. The molecule has 43 valence electrons. The van der Waals surface area contributed by atoms with Gasteiger partial charge >= 0.3 is 0 Å². The molecular formula is C4H6N3O. The maximum Gasteiger partial charge on any atom is 0.253 e. The lowest BCUT2D eigenvalue weighted by molar-refractivity contribution is 0.346. The van der Waals surface area contributed by atoms with Crippen molar-refractivity contribution in [2.45, 2.75) is 0 Å². The molecule has 0 aliphatic carbocycles. The van der Waals surface area contributed by atoms with E-state index < -0.39 is 0 Å². The third-order valence-electron chi connectivity index (χ3n) is 0.644. The van der Waals surface area contributed by atoms with Gasteiger partial charge in [-0.05, 0) is 6.92 Å². The normalized spacial score (nSPS) is 9.12. The van der Waals surface area contributed by atoms with Gasteiger partial charge in [0.05, 0.1) is 12.8 Å². The fraction of sp³-hybridized carbons (Fsp3) is 0.250. The van der Waals surface area contributed by atoms with Crippen molar-refractivity contribution in [1.29, 1.82) is 0 Å². The van der Waals surface area contributed by atoms with E-state index in [1.54, 1.807) is 6.20 Å². The number of H-pyrrole nitrogens is 1. The number of ether oxygens (including phenoxy) is 1. The number of hydrogen-bond donors (Lipinski definition) is 1. The first-order valence-electron chi connectivity index (χ1n) is 2.22. The van der Waals surface area contributed by atoms with Gasteiger partial charge < -0.3 is 4.74 Å². The maximum absolute atomic E-state index is 4.83. The summed E-state index contributed by atoms with van der Waals surface area (Å²) in [5.41, 5.74) is 0. The molecule has 0 amide bonds. The molecule has 1 rings (SSSR count). The van der Waals surface area contributed by atoms with Crippen LogP contribution in [0.3, 0.4) is 0 Å². The molecular weight excluding hydrogens is 106 g/mol. The molecule has 1 radical (unpaired) electrons. The van der Waals surface area contributed by atoms with Gasteiger partial charge in [-0.3, -0.25) is 5.10 Å². The molecule has 8 heavy (non-hydrogen) atoms. The smallest absolute Gasteiger partial charge is 0.253 e. The van der Waals surface area contributed by atoms with Crippen LogP contribution in [0.25, 0.3) is 0 Å². The standard InChI is InChI=1S/C4H6N3O/c1-2-8-4-3-5-7-6-4/h3H,1-2H2,(H,5,6,7). The first-order valence-corrected chi connectivity index (χ1v) is 2.22. The summed E-state index contributed by atoms with van der Waals surface area (Å²) in [5.74, 6) is 0.486. The molecule has 1 aromatic heterocycles. The van der Waals surface area contributed by atoms with Crippen LogP contribution in [0.5, 0.6) is 5.88 Å². The Balaban J connectivity index is 2.50. The Morgan fingerprint density at radius 3 is 3.25 bits per heavy atom. The van der Waals surface area contributed by atoms with Crippen LogP contribution in [0.4, 0.5) is 0 Å². The quantitative estimate of drug-likeness (QED) is 0.586. The predicted molar refractivity (Wildman–Crippen MR) is 27.2 cm³/mol. The van der Waals surface area contributed by atoms with Crippen LogP contribution >= 0.6 is 0 Å². The summed E-state index contributed by atoms with van der Waals surface area (Å²) in [6.07, 6.45) is 1.56. The first kappa shape index (κ1) is 5.08. The van der Waals surface area contributed by atoms with Gasteiger partial charge in [0.15, 0.2) is 0 Å². The molecule has 0 aliphatic heterocycles. The van der Waals surface area contributed by atoms with Crippen LogP contribution < -0.4 is 4.74 Å². The van der Waals surface area contributed by atoms with Crippen LogP contribution in [0.1, 0.15) is 0 Å². The highest BCUT2D eigenvalue weighted by molar-refractivity contribution is 4.97. The second-order valence-corrected chi connectivity index (χ2v) is 1.16. The van der Waals surface area contributed by atoms with Gasteiger partial charge in [0.1, 0.15) is 0 Å². The zero-order chi connectivity index (χ0) is 5.82. The SMILES string of the molecule is [CH2]COc1c[nH]nn1. The zero-order valence-corrected chi connectivity index (χ0v) is 4.29. The van der Waals surface area contributed by atoms with E-state index >= 15 is 0 Å². The minimum absolute atomic E-state index is 0.381. The summed E-state index contributed by atoms with van der Waals surface area (Å²) >= 11 is 0. The molecule has 0 aromatic carbocycles. The fourth-order valence-electron chi connectivity index (χ4n) is 0.366. The average molecular weight is 112 g/mol. The highest BCUT2D eigenvalue weighted by atomic mass is 16.5. The number of nitrogens with zero attached hydrogens (tertiary/aromatic N) is 2. The summed E-state index contributed by atoms with van der Waals surface area (Å²) in [7, 11) is 0. The monoisotopic (exact) mass is 112 g/mol. The minimum atomic E-state index is 0.381. The Hall–Kier alpha value is -1.06. The molecule has 1 aromatic rings. The van der Waals surface area contributed by atoms with Crippen molar-refractivity contribution in [2.75, 3.05) is 6.61 Å². The lowest BCUT2D eigenvalue weighted by Crippen LogP contribution is -1.90. The summed E-state index contributed by atoms with van der Waals surface area (Å²) in [5, 5.41) is 9.45. The third kappa shape index (κ3) is 0.959. The topological polar surface area (TPSA) is 50.8 Å². The van der Waals surface area contributed by atoms with Crippen molar-refractivity contribution in [3.05, 3.63) is 13.1 Å². The largest absolute Gasteiger partial charge is 0.475 e. The molecule has 0 saturated heterocycles. The van der Waals surface area contributed by atoms with Crippen molar-refractivity contribution in [3.8, 4) is 5.88 Å². The molecule has 0 spiro atoms. The van der Waals surface area contributed by atoms with Crippen LogP contribution in [-0.2, 0) is 0 Å². The summed E-state index contributed by atoms with van der Waals surface area (Å²) in [6.45, 7) is 3.84. The molecule has 1 heterocycles. The molecule has 4 nitrogen and oxygen atoms in total. The number of aromatic amines is 1. The van der Waals surface area contributed by atoms with E-state index in [-0.39, 0.29) is 0 Å². The van der Waals surface area contributed by atoms with E-state index in [2.05, 4.69) is 22.3 Å². The Morgan fingerprint density at radius 2 is 2.75 bits per heavy atom. The number of aromatic nitrogens is 3. The van der Waals surface area contributed by atoms with Gasteiger partial charge in [-0.15, -0.1) is 0 Å². The van der Waals surface area contributed by atoms with E-state index in [1.165, 1.54) is 0 Å². The Labute approximate surface area is 46.9 Å². The second kappa shape index (κ2) is 2.30. The van der Waals surface area contributed by atoms with E-state index in [0.29, 0.717) is 12.5 Å². The number of rotatable bonds is 2. The van der Waals surface area contributed by atoms with E-state index in [1.807, 2.05) is 0 Å². The number of hydrogen-bond acceptors (Lipinski definition) is 3. The first-order chi connectivity index (χ1) is 3.93. The van der Waals surface area contributed by atoms with Crippen LogP contribution in [0.15, 0.2) is 6.20 Å². The molecule has 0 atom stereocenters. The number of nitrogens with one attached hydrogen (secondary N) is 1. The van der Waals surface area contributed by atoms with E-state index in [9.17, 15) is 0 Å². The Bertz CT molecular complexity index is 137. The second-order valence-electron chi connectivity index (χ2n) is 1.16. The lowest BCUT2D eigenvalue weighted by atomic mass is 10.8. The fourth-order valence-corrected chi connectivity index (χ4v) is 0.366. The summed E-state index contributed by atoms with van der Waals surface area (Å²) < 4.78 is 4.83. The van der Waals surface area contributed by atoms with Crippen molar-refractivity contribution >= 4 is 0 Å². The predicted octanol–water partition coefficient (Wildman–Crippen LogP) is 0.0176. The molecule has 0 fully saturated rings. The van der Waals surface area contributed by atoms with E-state index in [4.69, 9.17) is 4.74 Å². The van der Waals surface area contributed by atoms with Crippen molar-refractivity contribution in [2.24, 2.45) is 0 Å². The van der Waals surface area contributed by atoms with Gasteiger partial charge in [0, 0.05) is 0 Å². The summed E-state index contributed by atoms with van der Waals surface area (Å²) in [4.78, 5) is 0. The van der Waals surface area contributed by atoms with E-state index in [0.717, 1.165) is 0 Å². The van der Waals surface area contributed by atoms with Gasteiger partial charge in [-0.25, -0.2) is 0 Å². The maximum atomic E-state index is 4.83. The molecule has 1 N–H and O–H groups in total. The van der Waals surface area contributed by atoms with Gasteiger partial charge in [-0.1, -0.05) is 10.3 Å². The van der Waals surface area contributed by atoms with Crippen molar-refractivity contribution in [1.82, 2.24) is 15.4 Å². The minimum Gasteiger partial charge on any atom is -0.475 e. The lowest BCUT2D eigenvalue weighted by Gasteiger charge is -1.90. The Morgan fingerprint density at radius 1 is 1.88 bits per heavy atom. The third-order valence-corrected chi connectivity index (χ3v) is 0.644. The molecule has 0 unspecified atom stereocenters. The van der Waals surface area contributed by atoms with Crippen LogP contribution in [0, 0.1) is 6.92 Å².